The van der Waals surface area contributed by atoms with E-state index in [0.717, 1.165) is 12.0 Å². The van der Waals surface area contributed by atoms with Crippen molar-refractivity contribution in [3.05, 3.63) is 48.0 Å². The molecule has 4 rings (SSSR count). The Kier molecular flexibility index (Phi) is 4.87. The van der Waals surface area contributed by atoms with Crippen molar-refractivity contribution in [1.82, 2.24) is 20.1 Å². The molecule has 9 heteroatoms. The molecule has 2 atom stereocenters. The molecule has 1 aliphatic heterocycles. The first-order valence-corrected chi connectivity index (χ1v) is 9.39. The van der Waals surface area contributed by atoms with Gasteiger partial charge < -0.3 is 16.0 Å². The van der Waals surface area contributed by atoms with Crippen LogP contribution in [0.4, 0.5) is 15.9 Å². The van der Waals surface area contributed by atoms with Gasteiger partial charge in [-0.2, -0.15) is 5.10 Å². The Labute approximate surface area is 166 Å². The molecule has 3 aromatic rings. The number of likely N-dealkylation sites (tertiary alicyclic amines) is 1. The number of anilines is 2. The van der Waals surface area contributed by atoms with Crippen molar-refractivity contribution < 1.29 is 14.0 Å². The number of nitrogen functional groups attached to an aromatic ring is 1. The predicted molar refractivity (Wildman–Crippen MR) is 106 cm³/mol. The van der Waals surface area contributed by atoms with E-state index in [9.17, 15) is 14.0 Å². The van der Waals surface area contributed by atoms with Crippen LogP contribution in [-0.4, -0.2) is 38.4 Å². The number of benzene rings is 1. The van der Waals surface area contributed by atoms with Crippen LogP contribution in [0.25, 0.3) is 10.9 Å². The van der Waals surface area contributed by atoms with E-state index in [1.54, 1.807) is 17.0 Å². The maximum absolute atomic E-state index is 13.3. The third kappa shape index (κ3) is 3.63. The molecule has 1 aliphatic rings. The van der Waals surface area contributed by atoms with Gasteiger partial charge in [0.2, 0.25) is 0 Å². The summed E-state index contributed by atoms with van der Waals surface area (Å²) in [6, 6.07) is 5.77. The zero-order valence-electron chi connectivity index (χ0n) is 15.9. The van der Waals surface area contributed by atoms with Crippen molar-refractivity contribution in [3.63, 3.8) is 0 Å². The first-order chi connectivity index (χ1) is 13.9. The van der Waals surface area contributed by atoms with Crippen molar-refractivity contribution in [1.29, 1.82) is 0 Å². The number of fused-ring (bicyclic) bond motifs is 1. The number of H-pyrrole nitrogens is 1. The van der Waals surface area contributed by atoms with E-state index in [1.807, 2.05) is 6.92 Å². The largest absolute Gasteiger partial charge is 0.383 e. The topological polar surface area (TPSA) is 117 Å². The van der Waals surface area contributed by atoms with Gasteiger partial charge >= 0.3 is 11.8 Å². The van der Waals surface area contributed by atoms with Gasteiger partial charge in [0, 0.05) is 6.54 Å². The third-order valence-electron chi connectivity index (χ3n) is 5.29. The molecule has 0 aliphatic carbocycles. The number of halogens is 1. The number of carbonyl (C=O) groups is 2. The molecular weight excluding hydrogens is 375 g/mol. The summed E-state index contributed by atoms with van der Waals surface area (Å²) >= 11 is 0. The SMILES string of the molecule is C[C@H]1CC[C@H](c2ccc(F)cc2)N(C(=O)C(=O)Nc2cnc(N)c3cn[nH]c23)C1. The summed E-state index contributed by atoms with van der Waals surface area (Å²) in [6.07, 6.45) is 4.52. The van der Waals surface area contributed by atoms with Crippen LogP contribution >= 0.6 is 0 Å². The fourth-order valence-corrected chi connectivity index (χ4v) is 3.76. The second kappa shape index (κ2) is 7.50. The number of hydrogen-bond donors (Lipinski definition) is 3. The molecule has 8 nitrogen and oxygen atoms in total. The number of hydrogen-bond acceptors (Lipinski definition) is 5. The van der Waals surface area contributed by atoms with Crippen molar-refractivity contribution in [2.75, 3.05) is 17.6 Å². The predicted octanol–water partition coefficient (Wildman–Crippen LogP) is 2.62. The Bertz CT molecular complexity index is 1060. The third-order valence-corrected chi connectivity index (χ3v) is 5.29. The Balaban J connectivity index is 1.58. The van der Waals surface area contributed by atoms with Gasteiger partial charge in [0.15, 0.2) is 0 Å². The highest BCUT2D eigenvalue weighted by molar-refractivity contribution is 6.40. The fraction of sp³-hybridized carbons (Fsp3) is 0.300. The van der Waals surface area contributed by atoms with E-state index in [1.165, 1.54) is 24.5 Å². The van der Waals surface area contributed by atoms with Crippen LogP contribution in [0.2, 0.25) is 0 Å². The molecule has 4 N–H and O–H groups in total. The van der Waals surface area contributed by atoms with Gasteiger partial charge in [0.05, 0.1) is 35.0 Å². The Morgan fingerprint density at radius 3 is 2.76 bits per heavy atom. The van der Waals surface area contributed by atoms with Crippen LogP contribution < -0.4 is 11.1 Å². The minimum absolute atomic E-state index is 0.265. The van der Waals surface area contributed by atoms with Gasteiger partial charge in [-0.3, -0.25) is 14.7 Å². The minimum atomic E-state index is -0.770. The maximum Gasteiger partial charge on any atom is 0.314 e. The van der Waals surface area contributed by atoms with Gasteiger partial charge in [0.25, 0.3) is 0 Å². The minimum Gasteiger partial charge on any atom is -0.383 e. The summed E-state index contributed by atoms with van der Waals surface area (Å²) < 4.78 is 13.3. The Morgan fingerprint density at radius 1 is 1.24 bits per heavy atom. The number of rotatable bonds is 2. The summed E-state index contributed by atoms with van der Waals surface area (Å²) in [4.78, 5) is 31.3. The highest BCUT2D eigenvalue weighted by Gasteiger charge is 2.34. The van der Waals surface area contributed by atoms with Gasteiger partial charge in [-0.05, 0) is 36.5 Å². The summed E-state index contributed by atoms with van der Waals surface area (Å²) in [5.74, 6) is -1.21. The Morgan fingerprint density at radius 2 is 2.00 bits per heavy atom. The second-order valence-electron chi connectivity index (χ2n) is 7.38. The van der Waals surface area contributed by atoms with E-state index >= 15 is 0 Å². The van der Waals surface area contributed by atoms with Crippen LogP contribution in [0.5, 0.6) is 0 Å². The lowest BCUT2D eigenvalue weighted by molar-refractivity contribution is -0.146. The smallest absolute Gasteiger partial charge is 0.314 e. The molecule has 29 heavy (non-hydrogen) atoms. The average molecular weight is 396 g/mol. The monoisotopic (exact) mass is 396 g/mol. The quantitative estimate of drug-likeness (QED) is 0.576. The summed E-state index contributed by atoms with van der Waals surface area (Å²) in [5, 5.41) is 9.84. The van der Waals surface area contributed by atoms with Crippen LogP contribution in [0.1, 0.15) is 31.4 Å². The number of pyridine rings is 1. The molecule has 2 aromatic heterocycles. The second-order valence-corrected chi connectivity index (χ2v) is 7.38. The Hall–Kier alpha value is -3.49. The van der Waals surface area contributed by atoms with Crippen LogP contribution in [0.3, 0.4) is 0 Å². The number of nitrogens with two attached hydrogens (primary N) is 1. The lowest BCUT2D eigenvalue weighted by atomic mass is 9.90. The molecule has 0 bridgehead atoms. The first-order valence-electron chi connectivity index (χ1n) is 9.39. The van der Waals surface area contributed by atoms with E-state index in [0.29, 0.717) is 29.6 Å². The standard InChI is InChI=1S/C20H21FN6O2/c1-11-2-7-16(12-3-5-13(21)6-4-12)27(10-11)20(29)19(28)25-15-9-23-18(22)14-8-24-26-17(14)15/h3-6,8-9,11,16H,2,7,10H2,1H3,(H2,22,23)(H,24,26)(H,25,28)/t11-,16+/m0/s1. The van der Waals surface area contributed by atoms with E-state index < -0.39 is 11.8 Å². The van der Waals surface area contributed by atoms with Crippen LogP contribution in [0.15, 0.2) is 36.7 Å². The van der Waals surface area contributed by atoms with Gasteiger partial charge in [-0.1, -0.05) is 19.1 Å². The fourth-order valence-electron chi connectivity index (χ4n) is 3.76. The number of carbonyl (C=O) groups excluding carboxylic acids is 2. The van der Waals surface area contributed by atoms with E-state index in [-0.39, 0.29) is 23.6 Å². The van der Waals surface area contributed by atoms with Crippen molar-refractivity contribution in [3.8, 4) is 0 Å². The molecule has 150 valence electrons. The lowest BCUT2D eigenvalue weighted by Crippen LogP contribution is -2.46. The summed E-state index contributed by atoms with van der Waals surface area (Å²) in [6.45, 7) is 2.49. The summed E-state index contributed by atoms with van der Waals surface area (Å²) in [7, 11) is 0. The maximum atomic E-state index is 13.3. The van der Waals surface area contributed by atoms with Crippen molar-refractivity contribution >= 4 is 34.2 Å². The molecule has 2 amide bonds. The van der Waals surface area contributed by atoms with Gasteiger partial charge in [0.1, 0.15) is 11.6 Å². The number of piperidine rings is 1. The van der Waals surface area contributed by atoms with Crippen LogP contribution in [-0.2, 0) is 9.59 Å². The average Bonchev–Trinajstić information content (AvgIpc) is 3.21. The molecule has 1 saturated heterocycles. The van der Waals surface area contributed by atoms with Crippen LogP contribution in [0, 0.1) is 11.7 Å². The molecule has 0 radical (unpaired) electrons. The van der Waals surface area contributed by atoms with Crippen molar-refractivity contribution in [2.45, 2.75) is 25.8 Å². The molecular formula is C20H21FN6O2. The molecule has 0 unspecified atom stereocenters. The number of nitrogens with one attached hydrogen (secondary N) is 2. The van der Waals surface area contributed by atoms with E-state index in [4.69, 9.17) is 5.73 Å². The number of aromatic amines is 1. The highest BCUT2D eigenvalue weighted by Crippen LogP contribution is 2.33. The van der Waals surface area contributed by atoms with Gasteiger partial charge in [-0.15, -0.1) is 0 Å². The molecule has 0 saturated carbocycles. The number of aromatic nitrogens is 3. The lowest BCUT2D eigenvalue weighted by Gasteiger charge is -2.38. The highest BCUT2D eigenvalue weighted by atomic mass is 19.1. The van der Waals surface area contributed by atoms with Gasteiger partial charge in [-0.25, -0.2) is 9.37 Å². The zero-order valence-corrected chi connectivity index (χ0v) is 15.9. The van der Waals surface area contributed by atoms with E-state index in [2.05, 4.69) is 20.5 Å². The molecule has 1 aromatic carbocycles. The number of nitrogens with zero attached hydrogens (tertiary/aromatic N) is 3. The summed E-state index contributed by atoms with van der Waals surface area (Å²) in [5.41, 5.74) is 7.44. The number of amides is 2. The van der Waals surface area contributed by atoms with Crippen molar-refractivity contribution in [2.24, 2.45) is 5.92 Å². The zero-order chi connectivity index (χ0) is 20.5. The normalized spacial score (nSPS) is 19.3. The molecule has 1 fully saturated rings. The first kappa shape index (κ1) is 18.9. The molecule has 3 heterocycles. The molecule has 0 spiro atoms.